The number of benzene rings is 3. The molecule has 3 aromatic rings. The van der Waals surface area contributed by atoms with Crippen LogP contribution in [-0.4, -0.2) is 14.4 Å². The normalized spacial score (nSPS) is 11.2. The van der Waals surface area contributed by atoms with E-state index in [9.17, 15) is 13.2 Å². The summed E-state index contributed by atoms with van der Waals surface area (Å²) in [5.41, 5.74) is 5.79. The standard InChI is InChI=1S/C17H15N3O3S/c18-17(21)19-14-6-3-7-15(11-14)20-24(22,23)16-9-8-12-4-1-2-5-13(12)10-16/h1-11,20H,(H3,18,19,21). The van der Waals surface area contributed by atoms with E-state index in [1.807, 2.05) is 24.3 Å². The fourth-order valence-electron chi connectivity index (χ4n) is 2.35. The highest BCUT2D eigenvalue weighted by molar-refractivity contribution is 7.92. The van der Waals surface area contributed by atoms with Crippen molar-refractivity contribution in [3.8, 4) is 0 Å². The Morgan fingerprint density at radius 3 is 2.29 bits per heavy atom. The highest BCUT2D eigenvalue weighted by Crippen LogP contribution is 2.22. The molecule has 0 aromatic heterocycles. The minimum atomic E-state index is -3.74. The molecule has 122 valence electrons. The minimum Gasteiger partial charge on any atom is -0.351 e. The molecule has 0 fully saturated rings. The van der Waals surface area contributed by atoms with Gasteiger partial charge in [0.25, 0.3) is 10.0 Å². The lowest BCUT2D eigenvalue weighted by atomic mass is 10.1. The summed E-state index contributed by atoms with van der Waals surface area (Å²) in [6.07, 6.45) is 0. The van der Waals surface area contributed by atoms with Crippen LogP contribution in [-0.2, 0) is 10.0 Å². The number of hydrogen-bond donors (Lipinski definition) is 3. The van der Waals surface area contributed by atoms with Crippen molar-refractivity contribution < 1.29 is 13.2 Å². The van der Waals surface area contributed by atoms with Crippen molar-refractivity contribution in [2.24, 2.45) is 5.73 Å². The van der Waals surface area contributed by atoms with Crippen molar-refractivity contribution in [3.63, 3.8) is 0 Å². The molecule has 7 heteroatoms. The maximum Gasteiger partial charge on any atom is 0.316 e. The molecule has 0 bridgehead atoms. The Labute approximate surface area is 139 Å². The SMILES string of the molecule is NC(=O)Nc1cccc(NS(=O)(=O)c2ccc3ccccc3c2)c1. The largest absolute Gasteiger partial charge is 0.351 e. The van der Waals surface area contributed by atoms with Gasteiger partial charge in [-0.05, 0) is 41.1 Å². The van der Waals surface area contributed by atoms with Crippen molar-refractivity contribution in [2.75, 3.05) is 10.0 Å². The van der Waals surface area contributed by atoms with Gasteiger partial charge in [0.1, 0.15) is 0 Å². The van der Waals surface area contributed by atoms with E-state index in [1.54, 1.807) is 36.4 Å². The van der Waals surface area contributed by atoms with Crippen LogP contribution in [0, 0.1) is 0 Å². The molecule has 0 spiro atoms. The molecule has 3 aromatic carbocycles. The maximum atomic E-state index is 12.6. The van der Waals surface area contributed by atoms with Gasteiger partial charge in [0.05, 0.1) is 10.6 Å². The zero-order valence-corrected chi connectivity index (χ0v) is 13.4. The van der Waals surface area contributed by atoms with E-state index in [1.165, 1.54) is 6.07 Å². The summed E-state index contributed by atoms with van der Waals surface area (Å²) >= 11 is 0. The molecule has 0 unspecified atom stereocenters. The zero-order valence-electron chi connectivity index (χ0n) is 12.6. The van der Waals surface area contributed by atoms with Crippen molar-refractivity contribution in [1.82, 2.24) is 0 Å². The average Bonchev–Trinajstić information content (AvgIpc) is 2.53. The number of rotatable bonds is 4. The van der Waals surface area contributed by atoms with E-state index >= 15 is 0 Å². The van der Waals surface area contributed by atoms with Gasteiger partial charge >= 0.3 is 6.03 Å². The molecular formula is C17H15N3O3S. The molecular weight excluding hydrogens is 326 g/mol. The number of sulfonamides is 1. The Bertz CT molecular complexity index is 1020. The van der Waals surface area contributed by atoms with Crippen LogP contribution < -0.4 is 15.8 Å². The number of carbonyl (C=O) groups excluding carboxylic acids is 1. The Morgan fingerprint density at radius 2 is 1.54 bits per heavy atom. The van der Waals surface area contributed by atoms with E-state index in [0.717, 1.165) is 10.8 Å². The summed E-state index contributed by atoms with van der Waals surface area (Å²) < 4.78 is 27.6. The van der Waals surface area contributed by atoms with Crippen LogP contribution >= 0.6 is 0 Å². The fourth-order valence-corrected chi connectivity index (χ4v) is 3.44. The predicted octanol–water partition coefficient (Wildman–Crippen LogP) is 3.13. The molecule has 0 heterocycles. The van der Waals surface area contributed by atoms with Gasteiger partial charge in [0.2, 0.25) is 0 Å². The highest BCUT2D eigenvalue weighted by Gasteiger charge is 2.15. The van der Waals surface area contributed by atoms with Gasteiger partial charge in [-0.15, -0.1) is 0 Å². The third-order valence-corrected chi connectivity index (χ3v) is 4.79. The first kappa shape index (κ1) is 15.8. The fraction of sp³-hybridized carbons (Fsp3) is 0. The Hall–Kier alpha value is -3.06. The summed E-state index contributed by atoms with van der Waals surface area (Å²) in [5.74, 6) is 0. The second kappa shape index (κ2) is 6.21. The summed E-state index contributed by atoms with van der Waals surface area (Å²) in [7, 11) is -3.74. The minimum absolute atomic E-state index is 0.162. The first-order chi connectivity index (χ1) is 11.4. The second-order valence-electron chi connectivity index (χ2n) is 5.18. The monoisotopic (exact) mass is 341 g/mol. The summed E-state index contributed by atoms with van der Waals surface area (Å²) in [6, 6.07) is 18.0. The number of anilines is 2. The third kappa shape index (κ3) is 3.47. The van der Waals surface area contributed by atoms with E-state index in [0.29, 0.717) is 11.4 Å². The molecule has 0 atom stereocenters. The molecule has 0 aliphatic rings. The molecule has 2 amide bonds. The molecule has 0 saturated heterocycles. The maximum absolute atomic E-state index is 12.6. The number of fused-ring (bicyclic) bond motifs is 1. The van der Waals surface area contributed by atoms with E-state index in [2.05, 4.69) is 10.0 Å². The second-order valence-corrected chi connectivity index (χ2v) is 6.87. The first-order valence-electron chi connectivity index (χ1n) is 7.12. The van der Waals surface area contributed by atoms with Crippen molar-refractivity contribution in [2.45, 2.75) is 4.90 Å². The predicted molar refractivity (Wildman–Crippen MR) is 94.4 cm³/mol. The summed E-state index contributed by atoms with van der Waals surface area (Å²) in [4.78, 5) is 11.0. The number of urea groups is 1. The van der Waals surface area contributed by atoms with Crippen LogP contribution in [0.25, 0.3) is 10.8 Å². The van der Waals surface area contributed by atoms with E-state index < -0.39 is 16.1 Å². The molecule has 24 heavy (non-hydrogen) atoms. The van der Waals surface area contributed by atoms with E-state index in [-0.39, 0.29) is 4.90 Å². The Balaban J connectivity index is 1.91. The van der Waals surface area contributed by atoms with Crippen molar-refractivity contribution in [3.05, 3.63) is 66.7 Å². The molecule has 0 saturated carbocycles. The Morgan fingerprint density at radius 1 is 0.833 bits per heavy atom. The molecule has 0 aliphatic heterocycles. The molecule has 0 aliphatic carbocycles. The molecule has 3 rings (SSSR count). The molecule has 4 N–H and O–H groups in total. The molecule has 0 radical (unpaired) electrons. The number of primary amides is 1. The van der Waals surface area contributed by atoms with Crippen molar-refractivity contribution >= 4 is 38.2 Å². The number of hydrogen-bond acceptors (Lipinski definition) is 3. The Kier molecular flexibility index (Phi) is 4.09. The topological polar surface area (TPSA) is 101 Å². The van der Waals surface area contributed by atoms with Gasteiger partial charge in [-0.3, -0.25) is 4.72 Å². The van der Waals surface area contributed by atoms with Gasteiger partial charge in [-0.1, -0.05) is 36.4 Å². The third-order valence-electron chi connectivity index (χ3n) is 3.41. The van der Waals surface area contributed by atoms with E-state index in [4.69, 9.17) is 5.73 Å². The quantitative estimate of drug-likeness (QED) is 0.679. The average molecular weight is 341 g/mol. The van der Waals surface area contributed by atoms with Crippen LogP contribution in [0.4, 0.5) is 16.2 Å². The first-order valence-corrected chi connectivity index (χ1v) is 8.60. The number of amides is 2. The number of nitrogens with two attached hydrogens (primary N) is 1. The van der Waals surface area contributed by atoms with Gasteiger partial charge < -0.3 is 11.1 Å². The van der Waals surface area contributed by atoms with Crippen molar-refractivity contribution in [1.29, 1.82) is 0 Å². The lowest BCUT2D eigenvalue weighted by Crippen LogP contribution is -2.19. The van der Waals surface area contributed by atoms with Gasteiger partial charge in [0.15, 0.2) is 0 Å². The number of carbonyl (C=O) groups is 1. The van der Waals surface area contributed by atoms with Gasteiger partial charge in [-0.25, -0.2) is 13.2 Å². The van der Waals surface area contributed by atoms with Crippen LogP contribution in [0.3, 0.4) is 0 Å². The summed E-state index contributed by atoms with van der Waals surface area (Å²) in [5, 5.41) is 4.20. The van der Waals surface area contributed by atoms with Crippen LogP contribution in [0.15, 0.2) is 71.6 Å². The van der Waals surface area contributed by atoms with Crippen LogP contribution in [0.2, 0.25) is 0 Å². The highest BCUT2D eigenvalue weighted by atomic mass is 32.2. The smallest absolute Gasteiger partial charge is 0.316 e. The van der Waals surface area contributed by atoms with Gasteiger partial charge in [0, 0.05) is 5.69 Å². The number of nitrogens with one attached hydrogen (secondary N) is 2. The van der Waals surface area contributed by atoms with Crippen LogP contribution in [0.1, 0.15) is 0 Å². The van der Waals surface area contributed by atoms with Crippen LogP contribution in [0.5, 0.6) is 0 Å². The summed E-state index contributed by atoms with van der Waals surface area (Å²) in [6.45, 7) is 0. The van der Waals surface area contributed by atoms with Gasteiger partial charge in [-0.2, -0.15) is 0 Å². The molecule has 6 nitrogen and oxygen atoms in total. The zero-order chi connectivity index (χ0) is 17.2. The lowest BCUT2D eigenvalue weighted by molar-refractivity contribution is 0.259. The lowest BCUT2D eigenvalue weighted by Gasteiger charge is -2.10.